The average molecular weight is 351 g/mol. The highest BCUT2D eigenvalue weighted by molar-refractivity contribution is 7.86. The van der Waals surface area contributed by atoms with Crippen molar-refractivity contribution in [3.8, 4) is 0 Å². The largest absolute Gasteiger partial charge is 0.741 e. The van der Waals surface area contributed by atoms with Crippen molar-refractivity contribution in [1.82, 2.24) is 0 Å². The number of aryl methyl sites for hydroxylation is 1. The summed E-state index contributed by atoms with van der Waals surface area (Å²) in [6.45, 7) is 0. The van der Waals surface area contributed by atoms with E-state index in [1.165, 1.54) is 7.11 Å². The van der Waals surface area contributed by atoms with Crippen molar-refractivity contribution in [2.24, 2.45) is 7.05 Å². The Bertz CT molecular complexity index is 818. The van der Waals surface area contributed by atoms with Gasteiger partial charge in [-0.2, -0.15) is 17.7 Å². The molecule has 126 valence electrons. The minimum Gasteiger partial charge on any atom is -0.741 e. The van der Waals surface area contributed by atoms with Crippen LogP contribution in [0.1, 0.15) is 10.5 Å². The molecular formula is C13H12F3NO5S. The SMILES string of the molecule is COC(=O)c1ccc2ccccc2[n+]1C.O=S(=O)([O-])C(F)(F)F. The zero-order valence-electron chi connectivity index (χ0n) is 12.0. The van der Waals surface area contributed by atoms with Crippen LogP contribution in [0, 0.1) is 0 Å². The Kier molecular flexibility index (Phi) is 5.67. The minimum absolute atomic E-state index is 0.316. The van der Waals surface area contributed by atoms with E-state index in [1.54, 1.807) is 6.07 Å². The molecule has 0 unspecified atom stereocenters. The first-order chi connectivity index (χ1) is 10.5. The van der Waals surface area contributed by atoms with Gasteiger partial charge in [0.15, 0.2) is 10.1 Å². The second kappa shape index (κ2) is 6.92. The number of pyridine rings is 1. The first-order valence-electron chi connectivity index (χ1n) is 5.97. The molecule has 0 amide bonds. The molecule has 2 aromatic rings. The lowest BCUT2D eigenvalue weighted by molar-refractivity contribution is -0.647. The van der Waals surface area contributed by atoms with Crippen molar-refractivity contribution in [1.29, 1.82) is 0 Å². The van der Waals surface area contributed by atoms with Gasteiger partial charge in [-0.05, 0) is 12.1 Å². The molecule has 0 aliphatic rings. The fraction of sp³-hybridized carbons (Fsp3) is 0.231. The Morgan fingerprint density at radius 1 is 1.17 bits per heavy atom. The number of alkyl halides is 3. The van der Waals surface area contributed by atoms with Gasteiger partial charge in [0, 0.05) is 17.5 Å². The topological polar surface area (TPSA) is 87.4 Å². The number of ether oxygens (including phenoxy) is 1. The van der Waals surface area contributed by atoms with Gasteiger partial charge in [-0.15, -0.1) is 0 Å². The van der Waals surface area contributed by atoms with Gasteiger partial charge in [0.05, 0.1) is 7.11 Å². The first kappa shape index (κ1) is 18.8. The van der Waals surface area contributed by atoms with Gasteiger partial charge in [0.25, 0.3) is 5.69 Å². The molecule has 0 saturated carbocycles. The molecule has 0 radical (unpaired) electrons. The molecule has 0 spiro atoms. The summed E-state index contributed by atoms with van der Waals surface area (Å²) in [5, 5.41) is 1.10. The molecular weight excluding hydrogens is 339 g/mol. The number of esters is 1. The van der Waals surface area contributed by atoms with E-state index in [2.05, 4.69) is 0 Å². The number of fused-ring (bicyclic) bond motifs is 1. The van der Waals surface area contributed by atoms with E-state index in [1.807, 2.05) is 41.9 Å². The third-order valence-corrected chi connectivity index (χ3v) is 3.33. The molecule has 0 fully saturated rings. The zero-order valence-corrected chi connectivity index (χ0v) is 12.8. The van der Waals surface area contributed by atoms with Crippen LogP contribution in [0.15, 0.2) is 36.4 Å². The van der Waals surface area contributed by atoms with E-state index in [0.29, 0.717) is 5.69 Å². The lowest BCUT2D eigenvalue weighted by Gasteiger charge is -2.08. The molecule has 1 aromatic heterocycles. The fourth-order valence-electron chi connectivity index (χ4n) is 1.65. The summed E-state index contributed by atoms with van der Waals surface area (Å²) >= 11 is 0. The maximum atomic E-state index is 11.4. The highest BCUT2D eigenvalue weighted by Gasteiger charge is 2.36. The summed E-state index contributed by atoms with van der Waals surface area (Å²) in [6, 6.07) is 11.6. The summed E-state index contributed by atoms with van der Waals surface area (Å²) in [7, 11) is -2.85. The van der Waals surface area contributed by atoms with Crippen LogP contribution in [0.4, 0.5) is 13.2 Å². The number of nitrogens with zero attached hydrogens (tertiary/aromatic N) is 1. The molecule has 10 heteroatoms. The average Bonchev–Trinajstić information content (AvgIpc) is 2.46. The number of carbonyl (C=O) groups is 1. The highest BCUT2D eigenvalue weighted by Crippen LogP contribution is 2.20. The van der Waals surface area contributed by atoms with E-state index in [0.717, 1.165) is 10.9 Å². The molecule has 2 rings (SSSR count). The van der Waals surface area contributed by atoms with Crippen molar-refractivity contribution in [3.05, 3.63) is 42.1 Å². The van der Waals surface area contributed by atoms with E-state index in [4.69, 9.17) is 17.7 Å². The molecule has 0 saturated heterocycles. The second-order valence-corrected chi connectivity index (χ2v) is 5.60. The minimum atomic E-state index is -6.09. The molecule has 0 bridgehead atoms. The number of benzene rings is 1. The third-order valence-electron chi connectivity index (χ3n) is 2.76. The Balaban J connectivity index is 0.000000284. The highest BCUT2D eigenvalue weighted by atomic mass is 32.2. The predicted octanol–water partition coefficient (Wildman–Crippen LogP) is 1.50. The molecule has 23 heavy (non-hydrogen) atoms. The number of para-hydroxylation sites is 1. The van der Waals surface area contributed by atoms with Gasteiger partial charge in [0.1, 0.15) is 7.05 Å². The maximum Gasteiger partial charge on any atom is 0.485 e. The lowest BCUT2D eigenvalue weighted by Crippen LogP contribution is -2.37. The quantitative estimate of drug-likeness (QED) is 0.336. The summed E-state index contributed by atoms with van der Waals surface area (Å²) in [4.78, 5) is 11.4. The molecule has 1 heterocycles. The number of halogens is 3. The van der Waals surface area contributed by atoms with Gasteiger partial charge in [0.2, 0.25) is 5.52 Å². The number of hydrogen-bond acceptors (Lipinski definition) is 5. The predicted molar refractivity (Wildman–Crippen MR) is 72.2 cm³/mol. The number of rotatable bonds is 1. The van der Waals surface area contributed by atoms with E-state index < -0.39 is 15.6 Å². The number of hydrogen-bond donors (Lipinski definition) is 0. The maximum absolute atomic E-state index is 11.4. The van der Waals surface area contributed by atoms with Crippen LogP contribution in [0.25, 0.3) is 10.9 Å². The zero-order chi connectivity index (χ0) is 17.8. The normalized spacial score (nSPS) is 11.6. The standard InChI is InChI=1S/C12H12NO2.CHF3O3S/c1-13-10-6-4-3-5-9(10)7-8-11(13)12(14)15-2;2-1(3,4)8(5,6)7/h3-8H,1-2H3;(H,5,6,7)/q+1;/p-1. The van der Waals surface area contributed by atoms with Crippen LogP contribution in [0.5, 0.6) is 0 Å². The molecule has 1 aromatic carbocycles. The Hall–Kier alpha value is -2.20. The van der Waals surface area contributed by atoms with E-state index in [-0.39, 0.29) is 5.97 Å². The van der Waals surface area contributed by atoms with Crippen LogP contribution in [0.3, 0.4) is 0 Å². The monoisotopic (exact) mass is 351 g/mol. The van der Waals surface area contributed by atoms with Crippen molar-refractivity contribution >= 4 is 27.0 Å². The van der Waals surface area contributed by atoms with Crippen LogP contribution in [-0.2, 0) is 21.9 Å². The molecule has 6 nitrogen and oxygen atoms in total. The van der Waals surface area contributed by atoms with E-state index >= 15 is 0 Å². The smallest absolute Gasteiger partial charge is 0.485 e. The second-order valence-electron chi connectivity index (χ2n) is 4.23. The third kappa shape index (κ3) is 4.63. The van der Waals surface area contributed by atoms with E-state index in [9.17, 15) is 18.0 Å². The summed E-state index contributed by atoms with van der Waals surface area (Å²) < 4.78 is 65.4. The van der Waals surface area contributed by atoms with Crippen molar-refractivity contribution in [2.45, 2.75) is 5.51 Å². The first-order valence-corrected chi connectivity index (χ1v) is 7.38. The van der Waals surface area contributed by atoms with Gasteiger partial charge in [-0.1, -0.05) is 12.1 Å². The van der Waals surface area contributed by atoms with Crippen LogP contribution in [-0.4, -0.2) is 31.6 Å². The molecule has 0 aliphatic carbocycles. The molecule has 0 atom stereocenters. The van der Waals surface area contributed by atoms with Crippen molar-refractivity contribution in [3.63, 3.8) is 0 Å². The van der Waals surface area contributed by atoms with Gasteiger partial charge in [-0.25, -0.2) is 13.2 Å². The Morgan fingerprint density at radius 3 is 2.17 bits per heavy atom. The van der Waals surface area contributed by atoms with Crippen LogP contribution < -0.4 is 4.57 Å². The fourth-order valence-corrected chi connectivity index (χ4v) is 1.65. The van der Waals surface area contributed by atoms with Gasteiger partial charge in [-0.3, -0.25) is 0 Å². The van der Waals surface area contributed by atoms with Crippen LogP contribution in [0.2, 0.25) is 0 Å². The molecule has 0 aliphatic heterocycles. The Labute approximate surface area is 129 Å². The number of methoxy groups -OCH3 is 1. The van der Waals surface area contributed by atoms with Gasteiger partial charge < -0.3 is 9.29 Å². The van der Waals surface area contributed by atoms with Crippen molar-refractivity contribution in [2.75, 3.05) is 7.11 Å². The van der Waals surface area contributed by atoms with Gasteiger partial charge >= 0.3 is 11.5 Å². The number of aromatic nitrogens is 1. The summed E-state index contributed by atoms with van der Waals surface area (Å²) in [5.41, 5.74) is -4.08. The molecule has 0 N–H and O–H groups in total. The lowest BCUT2D eigenvalue weighted by atomic mass is 10.2. The Morgan fingerprint density at radius 2 is 1.70 bits per heavy atom. The van der Waals surface area contributed by atoms with Crippen molar-refractivity contribution < 1.29 is 40.2 Å². The summed E-state index contributed by atoms with van der Waals surface area (Å²) in [6.07, 6.45) is 0. The number of carbonyl (C=O) groups excluding carboxylic acids is 1. The van der Waals surface area contributed by atoms with Crippen LogP contribution >= 0.6 is 0 Å². The summed E-state index contributed by atoms with van der Waals surface area (Å²) in [5.74, 6) is -0.316.